The third kappa shape index (κ3) is 5.13. The molecule has 1 aliphatic heterocycles. The molecule has 0 unspecified atom stereocenters. The van der Waals surface area contributed by atoms with Crippen LogP contribution >= 0.6 is 0 Å². The van der Waals surface area contributed by atoms with Crippen LogP contribution in [0.3, 0.4) is 0 Å². The third-order valence-corrected chi connectivity index (χ3v) is 5.85. The van der Waals surface area contributed by atoms with Gasteiger partial charge in [-0.15, -0.1) is 0 Å². The van der Waals surface area contributed by atoms with Gasteiger partial charge < -0.3 is 5.32 Å². The van der Waals surface area contributed by atoms with Crippen molar-refractivity contribution in [2.75, 3.05) is 6.54 Å². The maximum atomic E-state index is 13.0. The van der Waals surface area contributed by atoms with E-state index in [0.29, 0.717) is 22.2 Å². The molecular formula is C26H27N5O4. The second-order valence-electron chi connectivity index (χ2n) is 9.06. The van der Waals surface area contributed by atoms with Crippen molar-refractivity contribution < 1.29 is 19.2 Å². The number of aryl methyl sites for hydroxylation is 1. The van der Waals surface area contributed by atoms with E-state index in [2.05, 4.69) is 21.2 Å². The van der Waals surface area contributed by atoms with Gasteiger partial charge in [0.25, 0.3) is 11.8 Å². The van der Waals surface area contributed by atoms with Crippen molar-refractivity contribution in [3.05, 3.63) is 65.7 Å². The first kappa shape index (κ1) is 23.9. The number of nitrogens with one attached hydrogen (secondary N) is 3. The van der Waals surface area contributed by atoms with Gasteiger partial charge >= 0.3 is 6.03 Å². The first-order valence-corrected chi connectivity index (χ1v) is 11.4. The summed E-state index contributed by atoms with van der Waals surface area (Å²) in [7, 11) is 0. The quantitative estimate of drug-likeness (QED) is 0.375. The second-order valence-corrected chi connectivity index (χ2v) is 9.06. The maximum Gasteiger partial charge on any atom is 0.325 e. The van der Waals surface area contributed by atoms with E-state index in [4.69, 9.17) is 0 Å². The summed E-state index contributed by atoms with van der Waals surface area (Å²) in [6, 6.07) is 16.4. The van der Waals surface area contributed by atoms with Gasteiger partial charge in [0.2, 0.25) is 5.91 Å². The van der Waals surface area contributed by atoms with Crippen LogP contribution in [0.4, 0.5) is 4.79 Å². The van der Waals surface area contributed by atoms with E-state index in [1.54, 1.807) is 26.0 Å². The van der Waals surface area contributed by atoms with Gasteiger partial charge in [0.1, 0.15) is 5.54 Å². The molecule has 3 aromatic rings. The summed E-state index contributed by atoms with van der Waals surface area (Å²) in [5, 5.41) is 3.26. The van der Waals surface area contributed by atoms with Crippen LogP contribution in [0.5, 0.6) is 0 Å². The average Bonchev–Trinajstić information content (AvgIpc) is 3.03. The average molecular weight is 474 g/mol. The van der Waals surface area contributed by atoms with Gasteiger partial charge in [-0.2, -0.15) is 0 Å². The number of hydrogen-bond donors (Lipinski definition) is 3. The van der Waals surface area contributed by atoms with Gasteiger partial charge in [-0.1, -0.05) is 48.0 Å². The molecule has 1 fully saturated rings. The van der Waals surface area contributed by atoms with E-state index in [-0.39, 0.29) is 25.3 Å². The first-order chi connectivity index (χ1) is 16.7. The molecule has 0 spiro atoms. The van der Waals surface area contributed by atoms with Gasteiger partial charge in [0, 0.05) is 23.9 Å². The standard InChI is InChI=1S/C26H27N5O4/c1-16-10-12-17(13-11-16)21-15-19(18-7-4-5-8-20(18)27-21)23(33)30-29-22(32)9-6-14-31-24(34)26(2,3)28-25(31)35/h4-5,7-8,10-13,15H,6,9,14H2,1-3H3,(H,28,35)(H,29,32)(H,30,33). The summed E-state index contributed by atoms with van der Waals surface area (Å²) in [6.45, 7) is 5.37. The van der Waals surface area contributed by atoms with Crippen LogP contribution in [0.2, 0.25) is 0 Å². The highest BCUT2D eigenvalue weighted by Crippen LogP contribution is 2.25. The lowest BCUT2D eigenvalue weighted by Crippen LogP contribution is -2.42. The van der Waals surface area contributed by atoms with Gasteiger partial charge in [-0.05, 0) is 39.3 Å². The SMILES string of the molecule is Cc1ccc(-c2cc(C(=O)NNC(=O)CCCN3C(=O)NC(C)(C)C3=O)c3ccccc3n2)cc1. The van der Waals surface area contributed by atoms with Crippen LogP contribution in [0.1, 0.15) is 42.6 Å². The monoisotopic (exact) mass is 473 g/mol. The molecule has 35 heavy (non-hydrogen) atoms. The number of nitrogens with zero attached hydrogens (tertiary/aromatic N) is 2. The molecule has 0 atom stereocenters. The van der Waals surface area contributed by atoms with E-state index in [1.165, 1.54) is 0 Å². The molecule has 2 aromatic carbocycles. The number of amides is 5. The van der Waals surface area contributed by atoms with Crippen molar-refractivity contribution in [1.82, 2.24) is 26.1 Å². The van der Waals surface area contributed by atoms with Crippen LogP contribution < -0.4 is 16.2 Å². The summed E-state index contributed by atoms with van der Waals surface area (Å²) in [5.41, 5.74) is 7.62. The number of aromatic nitrogens is 1. The molecule has 3 N–H and O–H groups in total. The number of carbonyl (C=O) groups excluding carboxylic acids is 4. The maximum absolute atomic E-state index is 13.0. The molecule has 0 radical (unpaired) electrons. The Morgan fingerprint density at radius 3 is 2.43 bits per heavy atom. The summed E-state index contributed by atoms with van der Waals surface area (Å²) in [4.78, 5) is 55.2. The Balaban J connectivity index is 1.40. The predicted molar refractivity (Wildman–Crippen MR) is 131 cm³/mol. The second kappa shape index (κ2) is 9.54. The summed E-state index contributed by atoms with van der Waals surface area (Å²) < 4.78 is 0. The first-order valence-electron chi connectivity index (χ1n) is 11.4. The lowest BCUT2D eigenvalue weighted by atomic mass is 10.0. The minimum absolute atomic E-state index is 0.0312. The van der Waals surface area contributed by atoms with Crippen LogP contribution in [0.15, 0.2) is 54.6 Å². The third-order valence-electron chi connectivity index (χ3n) is 5.85. The van der Waals surface area contributed by atoms with Gasteiger partial charge in [-0.3, -0.25) is 30.1 Å². The number of hydrogen-bond acceptors (Lipinski definition) is 5. The largest absolute Gasteiger partial charge is 0.325 e. The normalized spacial score (nSPS) is 14.7. The molecule has 0 saturated carbocycles. The van der Waals surface area contributed by atoms with E-state index in [9.17, 15) is 19.2 Å². The van der Waals surface area contributed by atoms with E-state index in [0.717, 1.165) is 16.0 Å². The summed E-state index contributed by atoms with van der Waals surface area (Å²) in [6.07, 6.45) is 0.302. The molecule has 0 bridgehead atoms. The molecule has 1 saturated heterocycles. The van der Waals surface area contributed by atoms with Crippen molar-refractivity contribution >= 4 is 34.7 Å². The van der Waals surface area contributed by atoms with Crippen LogP contribution in [-0.4, -0.2) is 45.7 Å². The Bertz CT molecular complexity index is 1320. The fourth-order valence-corrected chi connectivity index (χ4v) is 3.91. The smallest absolute Gasteiger partial charge is 0.324 e. The highest BCUT2D eigenvalue weighted by molar-refractivity contribution is 6.08. The highest BCUT2D eigenvalue weighted by Gasteiger charge is 2.43. The summed E-state index contributed by atoms with van der Waals surface area (Å²) >= 11 is 0. The van der Waals surface area contributed by atoms with Crippen molar-refractivity contribution in [3.63, 3.8) is 0 Å². The fourth-order valence-electron chi connectivity index (χ4n) is 3.91. The zero-order chi connectivity index (χ0) is 25.2. The zero-order valence-electron chi connectivity index (χ0n) is 19.8. The van der Waals surface area contributed by atoms with Crippen LogP contribution in [0, 0.1) is 6.92 Å². The molecular weight excluding hydrogens is 446 g/mol. The highest BCUT2D eigenvalue weighted by atomic mass is 16.2. The Morgan fingerprint density at radius 1 is 1.03 bits per heavy atom. The minimum Gasteiger partial charge on any atom is -0.324 e. The van der Waals surface area contributed by atoms with E-state index < -0.39 is 23.4 Å². The van der Waals surface area contributed by atoms with Gasteiger partial charge in [0.05, 0.1) is 16.8 Å². The Hall–Kier alpha value is -4.27. The van der Waals surface area contributed by atoms with Crippen molar-refractivity contribution in [2.24, 2.45) is 0 Å². The fraction of sp³-hybridized carbons (Fsp3) is 0.269. The topological polar surface area (TPSA) is 121 Å². The number of pyridine rings is 1. The van der Waals surface area contributed by atoms with Crippen molar-refractivity contribution in [2.45, 2.75) is 39.2 Å². The number of carbonyl (C=O) groups is 4. The van der Waals surface area contributed by atoms with Crippen molar-refractivity contribution in [1.29, 1.82) is 0 Å². The van der Waals surface area contributed by atoms with Crippen LogP contribution in [-0.2, 0) is 9.59 Å². The molecule has 5 amide bonds. The molecule has 4 rings (SSSR count). The number of rotatable bonds is 6. The number of para-hydroxylation sites is 1. The van der Waals surface area contributed by atoms with Crippen molar-refractivity contribution in [3.8, 4) is 11.3 Å². The number of imide groups is 1. The van der Waals surface area contributed by atoms with Crippen LogP contribution in [0.25, 0.3) is 22.2 Å². The molecule has 2 heterocycles. The Morgan fingerprint density at radius 2 is 1.74 bits per heavy atom. The Labute approximate surface area is 202 Å². The van der Waals surface area contributed by atoms with E-state index in [1.807, 2.05) is 49.4 Å². The Kier molecular flexibility index (Phi) is 6.50. The van der Waals surface area contributed by atoms with E-state index >= 15 is 0 Å². The molecule has 1 aliphatic rings. The zero-order valence-corrected chi connectivity index (χ0v) is 19.8. The number of urea groups is 1. The molecule has 0 aliphatic carbocycles. The number of hydrazine groups is 1. The van der Waals surface area contributed by atoms with Gasteiger partial charge in [0.15, 0.2) is 0 Å². The number of fused-ring (bicyclic) bond motifs is 1. The lowest BCUT2D eigenvalue weighted by molar-refractivity contribution is -0.130. The molecule has 9 nitrogen and oxygen atoms in total. The predicted octanol–water partition coefficient (Wildman–Crippen LogP) is 3.08. The molecule has 1 aromatic heterocycles. The lowest BCUT2D eigenvalue weighted by Gasteiger charge is -2.16. The molecule has 180 valence electrons. The number of benzene rings is 2. The minimum atomic E-state index is -0.946. The summed E-state index contributed by atoms with van der Waals surface area (Å²) in [5.74, 6) is -1.23. The molecule has 9 heteroatoms. The van der Waals surface area contributed by atoms with Gasteiger partial charge in [-0.25, -0.2) is 9.78 Å².